The predicted octanol–water partition coefficient (Wildman–Crippen LogP) is 2.51. The van der Waals surface area contributed by atoms with Gasteiger partial charge in [-0.05, 0) is 42.5 Å². The zero-order valence-corrected chi connectivity index (χ0v) is 18.6. The second-order valence-electron chi connectivity index (χ2n) is 7.89. The minimum absolute atomic E-state index is 0.0574. The molecule has 2 aliphatic rings. The van der Waals surface area contributed by atoms with Gasteiger partial charge >= 0.3 is 6.18 Å². The highest BCUT2D eigenvalue weighted by Crippen LogP contribution is 2.31. The van der Waals surface area contributed by atoms with Crippen molar-refractivity contribution in [3.05, 3.63) is 59.7 Å². The van der Waals surface area contributed by atoms with E-state index in [9.17, 15) is 36.0 Å². The van der Waals surface area contributed by atoms with Crippen LogP contribution in [0.5, 0.6) is 0 Å². The average molecular weight is 495 g/mol. The lowest BCUT2D eigenvalue weighted by molar-refractivity contribution is -0.137. The molecule has 2 fully saturated rings. The summed E-state index contributed by atoms with van der Waals surface area (Å²) in [5, 5.41) is 0. The number of carbonyl (C=O) groups excluding carboxylic acids is 3. The first-order valence-electron chi connectivity index (χ1n) is 10.4. The van der Waals surface area contributed by atoms with Gasteiger partial charge in [-0.2, -0.15) is 17.5 Å². The number of rotatable bonds is 4. The molecular formula is C22H20F3N3O5S. The van der Waals surface area contributed by atoms with Gasteiger partial charge in [0.2, 0.25) is 21.8 Å². The molecule has 0 spiro atoms. The lowest BCUT2D eigenvalue weighted by atomic mass is 10.1. The van der Waals surface area contributed by atoms with Crippen LogP contribution in [0.2, 0.25) is 0 Å². The molecule has 12 heteroatoms. The number of hydrogen-bond donors (Lipinski definition) is 0. The molecule has 0 aromatic heterocycles. The van der Waals surface area contributed by atoms with Crippen LogP contribution in [0, 0.1) is 0 Å². The Balaban J connectivity index is 1.42. The third-order valence-electron chi connectivity index (χ3n) is 5.75. The van der Waals surface area contributed by atoms with E-state index in [1.807, 2.05) is 0 Å². The molecule has 34 heavy (non-hydrogen) atoms. The Bertz CT molecular complexity index is 1220. The van der Waals surface area contributed by atoms with Gasteiger partial charge in [0.05, 0.1) is 16.1 Å². The van der Waals surface area contributed by atoms with Gasteiger partial charge in [-0.1, -0.05) is 6.07 Å². The standard InChI is InChI=1S/C22H20F3N3O5S/c23-22(24,25)16-2-1-3-18(14-16)34(32,33)27-12-10-26(11-13-27)21(31)15-4-6-17(7-5-15)28-19(29)8-9-20(28)30/h1-7,14H,8-13H2. The molecule has 0 aliphatic carbocycles. The van der Waals surface area contributed by atoms with Crippen molar-refractivity contribution in [3.63, 3.8) is 0 Å². The first-order chi connectivity index (χ1) is 16.0. The summed E-state index contributed by atoms with van der Waals surface area (Å²) in [4.78, 5) is 38.6. The smallest absolute Gasteiger partial charge is 0.336 e. The summed E-state index contributed by atoms with van der Waals surface area (Å²) in [6, 6.07) is 9.54. The number of sulfonamides is 1. The third-order valence-corrected chi connectivity index (χ3v) is 7.64. The number of nitrogens with zero attached hydrogens (tertiary/aromatic N) is 3. The van der Waals surface area contributed by atoms with Gasteiger partial charge in [-0.3, -0.25) is 19.3 Å². The van der Waals surface area contributed by atoms with Crippen LogP contribution in [0.25, 0.3) is 0 Å². The van der Waals surface area contributed by atoms with E-state index in [0.29, 0.717) is 17.3 Å². The molecule has 2 heterocycles. The van der Waals surface area contributed by atoms with Crippen LogP contribution >= 0.6 is 0 Å². The summed E-state index contributed by atoms with van der Waals surface area (Å²) in [6.45, 7) is -0.0257. The summed E-state index contributed by atoms with van der Waals surface area (Å²) in [5.74, 6) is -0.967. The second-order valence-corrected chi connectivity index (χ2v) is 9.83. The lowest BCUT2D eigenvalue weighted by Gasteiger charge is -2.34. The van der Waals surface area contributed by atoms with Crippen molar-refractivity contribution in [3.8, 4) is 0 Å². The van der Waals surface area contributed by atoms with Crippen LogP contribution in [-0.2, 0) is 25.8 Å². The van der Waals surface area contributed by atoms with E-state index in [1.165, 1.54) is 29.2 Å². The highest BCUT2D eigenvalue weighted by Gasteiger charge is 2.35. The Kier molecular flexibility index (Phi) is 6.21. The Hall–Kier alpha value is -3.25. The summed E-state index contributed by atoms with van der Waals surface area (Å²) < 4.78 is 65.6. The summed E-state index contributed by atoms with van der Waals surface area (Å²) in [7, 11) is -4.16. The average Bonchev–Trinajstić information content (AvgIpc) is 3.16. The van der Waals surface area contributed by atoms with Crippen molar-refractivity contribution < 1.29 is 36.0 Å². The van der Waals surface area contributed by atoms with E-state index >= 15 is 0 Å². The maximum absolute atomic E-state index is 13.0. The molecule has 0 unspecified atom stereocenters. The predicted molar refractivity (Wildman–Crippen MR) is 114 cm³/mol. The second kappa shape index (κ2) is 8.84. The van der Waals surface area contributed by atoms with Crippen LogP contribution in [-0.4, -0.2) is 61.5 Å². The Labute approximate surface area is 193 Å². The van der Waals surface area contributed by atoms with E-state index in [1.54, 1.807) is 0 Å². The number of imide groups is 1. The number of amides is 3. The maximum atomic E-state index is 13.0. The van der Waals surface area contributed by atoms with Crippen molar-refractivity contribution in [2.45, 2.75) is 23.9 Å². The van der Waals surface area contributed by atoms with Crippen LogP contribution < -0.4 is 4.90 Å². The van der Waals surface area contributed by atoms with Crippen molar-refractivity contribution >= 4 is 33.4 Å². The summed E-state index contributed by atoms with van der Waals surface area (Å²) in [6.07, 6.45) is -4.37. The largest absolute Gasteiger partial charge is 0.416 e. The fraction of sp³-hybridized carbons (Fsp3) is 0.318. The fourth-order valence-electron chi connectivity index (χ4n) is 3.91. The minimum atomic E-state index is -4.67. The molecule has 8 nitrogen and oxygen atoms in total. The molecule has 0 radical (unpaired) electrons. The molecular weight excluding hydrogens is 475 g/mol. The minimum Gasteiger partial charge on any atom is -0.336 e. The Morgan fingerprint density at radius 1 is 0.853 bits per heavy atom. The molecule has 3 amide bonds. The first kappa shape index (κ1) is 23.9. The SMILES string of the molecule is O=C(c1ccc(N2C(=O)CCC2=O)cc1)N1CCN(S(=O)(=O)c2cccc(C(F)(F)F)c2)CC1. The van der Waals surface area contributed by atoms with Crippen LogP contribution in [0.3, 0.4) is 0 Å². The van der Waals surface area contributed by atoms with E-state index in [0.717, 1.165) is 27.4 Å². The number of alkyl halides is 3. The number of anilines is 1. The van der Waals surface area contributed by atoms with E-state index in [2.05, 4.69) is 0 Å². The van der Waals surface area contributed by atoms with E-state index in [-0.39, 0.29) is 56.7 Å². The molecule has 0 saturated carbocycles. The first-order valence-corrected chi connectivity index (χ1v) is 11.8. The zero-order chi connectivity index (χ0) is 24.7. The fourth-order valence-corrected chi connectivity index (χ4v) is 5.38. The molecule has 2 aliphatic heterocycles. The van der Waals surface area contributed by atoms with Gasteiger partial charge in [0.1, 0.15) is 0 Å². The number of hydrogen-bond acceptors (Lipinski definition) is 5. The van der Waals surface area contributed by atoms with Crippen LogP contribution in [0.4, 0.5) is 18.9 Å². The molecule has 4 rings (SSSR count). The molecule has 0 atom stereocenters. The van der Waals surface area contributed by atoms with Crippen LogP contribution in [0.1, 0.15) is 28.8 Å². The Morgan fingerprint density at radius 3 is 2.00 bits per heavy atom. The van der Waals surface area contributed by atoms with Gasteiger partial charge in [0.15, 0.2) is 0 Å². The summed E-state index contributed by atoms with van der Waals surface area (Å²) >= 11 is 0. The highest BCUT2D eigenvalue weighted by molar-refractivity contribution is 7.89. The van der Waals surface area contributed by atoms with E-state index < -0.39 is 26.7 Å². The maximum Gasteiger partial charge on any atom is 0.416 e. The lowest BCUT2D eigenvalue weighted by Crippen LogP contribution is -2.50. The molecule has 2 aromatic rings. The number of piperazine rings is 1. The summed E-state index contributed by atoms with van der Waals surface area (Å²) in [5.41, 5.74) is -0.374. The topological polar surface area (TPSA) is 95.1 Å². The molecule has 0 N–H and O–H groups in total. The molecule has 2 aromatic carbocycles. The molecule has 180 valence electrons. The van der Waals surface area contributed by atoms with Gasteiger partial charge in [0, 0.05) is 44.6 Å². The highest BCUT2D eigenvalue weighted by atomic mass is 32.2. The number of halogens is 3. The number of benzene rings is 2. The number of carbonyl (C=O) groups is 3. The van der Waals surface area contributed by atoms with Gasteiger partial charge in [-0.15, -0.1) is 0 Å². The van der Waals surface area contributed by atoms with Crippen molar-refractivity contribution in [2.75, 3.05) is 31.1 Å². The zero-order valence-electron chi connectivity index (χ0n) is 17.8. The molecule has 2 saturated heterocycles. The van der Waals surface area contributed by atoms with Gasteiger partial charge in [-0.25, -0.2) is 8.42 Å². The monoisotopic (exact) mass is 495 g/mol. The van der Waals surface area contributed by atoms with Gasteiger partial charge in [0.25, 0.3) is 5.91 Å². The van der Waals surface area contributed by atoms with Crippen molar-refractivity contribution in [1.29, 1.82) is 0 Å². The normalized spacial score (nSPS) is 18.0. The third kappa shape index (κ3) is 4.55. The van der Waals surface area contributed by atoms with Crippen LogP contribution in [0.15, 0.2) is 53.4 Å². The molecule has 0 bridgehead atoms. The van der Waals surface area contributed by atoms with Gasteiger partial charge < -0.3 is 4.90 Å². The van der Waals surface area contributed by atoms with Crippen molar-refractivity contribution in [2.24, 2.45) is 0 Å². The Morgan fingerprint density at radius 2 is 1.44 bits per heavy atom. The van der Waals surface area contributed by atoms with E-state index in [4.69, 9.17) is 0 Å². The quantitative estimate of drug-likeness (QED) is 0.608. The van der Waals surface area contributed by atoms with Crippen molar-refractivity contribution in [1.82, 2.24) is 9.21 Å².